The molecule has 1 amide bonds. The number of rotatable bonds is 7. The number of hydrogen-bond donors (Lipinski definition) is 1. The normalized spacial score (nSPS) is 14.5. The molecule has 5 heteroatoms. The first-order valence-electron chi connectivity index (χ1n) is 9.83. The van der Waals surface area contributed by atoms with E-state index in [2.05, 4.69) is 31.3 Å². The van der Waals surface area contributed by atoms with E-state index >= 15 is 0 Å². The third-order valence-electron chi connectivity index (χ3n) is 5.33. The second-order valence-corrected chi connectivity index (χ2v) is 7.57. The number of benzene rings is 2. The number of nitrogens with one attached hydrogen (secondary N) is 1. The fourth-order valence-electron chi connectivity index (χ4n) is 3.70. The first-order valence-corrected chi connectivity index (χ1v) is 9.83. The van der Waals surface area contributed by atoms with Crippen LogP contribution in [0.3, 0.4) is 0 Å². The van der Waals surface area contributed by atoms with Crippen LogP contribution in [0.15, 0.2) is 42.5 Å². The summed E-state index contributed by atoms with van der Waals surface area (Å²) in [7, 11) is 3.28. The molecule has 0 aliphatic carbocycles. The lowest BCUT2D eigenvalue weighted by molar-refractivity contribution is -0.135. The molecule has 0 aromatic heterocycles. The maximum Gasteiger partial charge on any atom is 0.240 e. The number of fused-ring (bicyclic) bond motifs is 1. The zero-order valence-corrected chi connectivity index (χ0v) is 17.2. The summed E-state index contributed by atoms with van der Waals surface area (Å²) in [6.45, 7) is 6.19. The van der Waals surface area contributed by atoms with Crippen molar-refractivity contribution in [1.82, 2.24) is 10.2 Å². The average Bonchev–Trinajstić information content (AvgIpc) is 2.72. The highest BCUT2D eigenvalue weighted by atomic mass is 16.5. The van der Waals surface area contributed by atoms with Crippen LogP contribution in [0.1, 0.15) is 30.5 Å². The third-order valence-corrected chi connectivity index (χ3v) is 5.33. The average molecular weight is 383 g/mol. The molecule has 2 aromatic rings. The second kappa shape index (κ2) is 9.11. The molecule has 28 heavy (non-hydrogen) atoms. The van der Waals surface area contributed by atoms with Crippen LogP contribution >= 0.6 is 0 Å². The Balaban J connectivity index is 1.72. The number of ether oxygens (including phenoxy) is 2. The molecule has 0 bridgehead atoms. The first kappa shape index (κ1) is 20.2. The van der Waals surface area contributed by atoms with Gasteiger partial charge in [-0.15, -0.1) is 0 Å². The molecule has 1 atom stereocenters. The van der Waals surface area contributed by atoms with Crippen molar-refractivity contribution in [2.75, 3.05) is 20.8 Å². The Labute approximate surface area is 167 Å². The van der Waals surface area contributed by atoms with E-state index in [1.165, 1.54) is 11.1 Å². The Morgan fingerprint density at radius 1 is 1.07 bits per heavy atom. The van der Waals surface area contributed by atoms with E-state index in [1.54, 1.807) is 14.2 Å². The molecule has 1 aliphatic heterocycles. The summed E-state index contributed by atoms with van der Waals surface area (Å²) in [6.07, 6.45) is 0.824. The molecule has 5 nitrogen and oxygen atoms in total. The topological polar surface area (TPSA) is 50.8 Å². The predicted octanol–water partition coefficient (Wildman–Crippen LogP) is 3.40. The number of carbonyl (C=O) groups excluding carboxylic acids is 1. The molecule has 0 spiro atoms. The van der Waals surface area contributed by atoms with E-state index in [-0.39, 0.29) is 17.9 Å². The first-order chi connectivity index (χ1) is 13.5. The molecule has 150 valence electrons. The Kier molecular flexibility index (Phi) is 6.57. The zero-order chi connectivity index (χ0) is 20.1. The Bertz CT molecular complexity index is 805. The van der Waals surface area contributed by atoms with Gasteiger partial charge in [-0.25, -0.2) is 0 Å². The van der Waals surface area contributed by atoms with Crippen LogP contribution in [0, 0.1) is 5.92 Å². The van der Waals surface area contributed by atoms with Crippen LogP contribution in [0.5, 0.6) is 11.5 Å². The molecule has 0 fully saturated rings. The minimum Gasteiger partial charge on any atom is -0.493 e. The number of nitrogens with zero attached hydrogens (tertiary/aromatic N) is 1. The highest BCUT2D eigenvalue weighted by Gasteiger charge is 2.29. The van der Waals surface area contributed by atoms with Gasteiger partial charge in [-0.3, -0.25) is 4.79 Å². The number of hydrogen-bond acceptors (Lipinski definition) is 4. The van der Waals surface area contributed by atoms with Gasteiger partial charge in [-0.05, 0) is 41.2 Å². The monoisotopic (exact) mass is 382 g/mol. The molecule has 0 radical (unpaired) electrons. The second-order valence-electron chi connectivity index (χ2n) is 7.57. The van der Waals surface area contributed by atoms with Gasteiger partial charge in [0.1, 0.15) is 0 Å². The molecule has 0 unspecified atom stereocenters. The van der Waals surface area contributed by atoms with Gasteiger partial charge in [-0.2, -0.15) is 0 Å². The fraction of sp³-hybridized carbons (Fsp3) is 0.435. The summed E-state index contributed by atoms with van der Waals surface area (Å²) < 4.78 is 10.8. The molecule has 0 saturated carbocycles. The maximum atomic E-state index is 13.3. The van der Waals surface area contributed by atoms with Crippen molar-refractivity contribution >= 4 is 5.91 Å². The highest BCUT2D eigenvalue weighted by molar-refractivity contribution is 5.82. The summed E-state index contributed by atoms with van der Waals surface area (Å²) in [5.74, 6) is 1.82. The van der Waals surface area contributed by atoms with Crippen molar-refractivity contribution < 1.29 is 14.3 Å². The van der Waals surface area contributed by atoms with Gasteiger partial charge in [0.05, 0.1) is 20.3 Å². The van der Waals surface area contributed by atoms with Crippen LogP contribution in [-0.4, -0.2) is 37.6 Å². The number of carbonyl (C=O) groups is 1. The van der Waals surface area contributed by atoms with Gasteiger partial charge >= 0.3 is 0 Å². The largest absolute Gasteiger partial charge is 0.493 e. The van der Waals surface area contributed by atoms with E-state index in [1.807, 2.05) is 35.2 Å². The summed E-state index contributed by atoms with van der Waals surface area (Å²) in [4.78, 5) is 15.2. The predicted molar refractivity (Wildman–Crippen MR) is 111 cm³/mol. The van der Waals surface area contributed by atoms with Gasteiger partial charge in [-0.1, -0.05) is 44.2 Å². The van der Waals surface area contributed by atoms with Crippen LogP contribution < -0.4 is 14.8 Å². The minimum atomic E-state index is -0.207. The van der Waals surface area contributed by atoms with E-state index in [0.29, 0.717) is 18.8 Å². The Morgan fingerprint density at radius 2 is 1.71 bits per heavy atom. The lowest BCUT2D eigenvalue weighted by Gasteiger charge is -2.34. The number of amides is 1. The van der Waals surface area contributed by atoms with Crippen molar-refractivity contribution in [2.24, 2.45) is 5.92 Å². The van der Waals surface area contributed by atoms with Crippen LogP contribution in [0.2, 0.25) is 0 Å². The van der Waals surface area contributed by atoms with Crippen LogP contribution in [-0.2, 0) is 24.3 Å². The highest BCUT2D eigenvalue weighted by Crippen LogP contribution is 2.33. The van der Waals surface area contributed by atoms with Crippen molar-refractivity contribution in [2.45, 2.75) is 39.4 Å². The third kappa shape index (κ3) is 4.47. The lowest BCUT2D eigenvalue weighted by Crippen LogP contribution is -2.50. The standard InChI is InChI=1S/C23H30N2O3/c1-16(2)22(24-14-17-8-6-5-7-9-17)23(26)25-11-10-18-12-20(27-3)21(28-4)13-19(18)15-25/h5-9,12-13,16,22,24H,10-11,14-15H2,1-4H3/t22-/m1/s1. The van der Waals surface area contributed by atoms with Crippen molar-refractivity contribution in [3.05, 3.63) is 59.2 Å². The van der Waals surface area contributed by atoms with Crippen LogP contribution in [0.4, 0.5) is 0 Å². The fourth-order valence-corrected chi connectivity index (χ4v) is 3.70. The van der Waals surface area contributed by atoms with Crippen molar-refractivity contribution in [3.63, 3.8) is 0 Å². The molecule has 1 heterocycles. The van der Waals surface area contributed by atoms with Crippen LogP contribution in [0.25, 0.3) is 0 Å². The van der Waals surface area contributed by atoms with E-state index in [0.717, 1.165) is 24.3 Å². The van der Waals surface area contributed by atoms with E-state index in [9.17, 15) is 4.79 Å². The zero-order valence-electron chi connectivity index (χ0n) is 17.2. The SMILES string of the molecule is COc1cc2c(cc1OC)CN(C(=O)[C@H](NCc1ccccc1)C(C)C)CC2. The smallest absolute Gasteiger partial charge is 0.240 e. The maximum absolute atomic E-state index is 13.3. The molecule has 0 saturated heterocycles. The summed E-state index contributed by atoms with van der Waals surface area (Å²) in [5.41, 5.74) is 3.53. The molecular weight excluding hydrogens is 352 g/mol. The van der Waals surface area contributed by atoms with Gasteiger partial charge in [0, 0.05) is 19.6 Å². The molecule has 1 aliphatic rings. The van der Waals surface area contributed by atoms with E-state index in [4.69, 9.17) is 9.47 Å². The van der Waals surface area contributed by atoms with Crippen molar-refractivity contribution in [3.8, 4) is 11.5 Å². The quantitative estimate of drug-likeness (QED) is 0.797. The molecule has 3 rings (SSSR count). The Hall–Kier alpha value is -2.53. The van der Waals surface area contributed by atoms with Gasteiger partial charge in [0.2, 0.25) is 5.91 Å². The molecular formula is C23H30N2O3. The summed E-state index contributed by atoms with van der Waals surface area (Å²) in [6, 6.07) is 14.0. The number of methoxy groups -OCH3 is 2. The molecule has 2 aromatic carbocycles. The summed E-state index contributed by atoms with van der Waals surface area (Å²) >= 11 is 0. The van der Waals surface area contributed by atoms with Gasteiger partial charge < -0.3 is 19.7 Å². The summed E-state index contributed by atoms with van der Waals surface area (Å²) in [5, 5.41) is 3.46. The molecule has 1 N–H and O–H groups in total. The van der Waals surface area contributed by atoms with Gasteiger partial charge in [0.25, 0.3) is 0 Å². The minimum absolute atomic E-state index is 0.159. The Morgan fingerprint density at radius 3 is 2.32 bits per heavy atom. The van der Waals surface area contributed by atoms with Gasteiger partial charge in [0.15, 0.2) is 11.5 Å². The van der Waals surface area contributed by atoms with Crippen molar-refractivity contribution in [1.29, 1.82) is 0 Å². The lowest BCUT2D eigenvalue weighted by atomic mass is 9.96. The van der Waals surface area contributed by atoms with E-state index < -0.39 is 0 Å².